The minimum Gasteiger partial charge on any atom is -0.397 e. The van der Waals surface area contributed by atoms with E-state index in [0.29, 0.717) is 17.9 Å². The van der Waals surface area contributed by atoms with E-state index < -0.39 is 0 Å². The molecular formula is C16H25N3O2. The number of rotatable bonds is 3. The van der Waals surface area contributed by atoms with Crippen molar-refractivity contribution in [2.75, 3.05) is 30.7 Å². The number of anilines is 2. The minimum absolute atomic E-state index is 0.0543. The van der Waals surface area contributed by atoms with Gasteiger partial charge < -0.3 is 15.8 Å². The fourth-order valence-corrected chi connectivity index (χ4v) is 3.06. The first kappa shape index (κ1) is 15.8. The average Bonchev–Trinajstić information content (AvgIpc) is 2.27. The molecule has 5 nitrogen and oxygen atoms in total. The highest BCUT2D eigenvalue weighted by molar-refractivity contribution is 5.95. The third kappa shape index (κ3) is 4.44. The van der Waals surface area contributed by atoms with E-state index in [4.69, 9.17) is 10.5 Å². The van der Waals surface area contributed by atoms with Crippen molar-refractivity contribution in [1.82, 2.24) is 4.90 Å². The van der Waals surface area contributed by atoms with Gasteiger partial charge in [-0.1, -0.05) is 12.1 Å². The predicted octanol–water partition coefficient (Wildman–Crippen LogP) is 2.10. The van der Waals surface area contributed by atoms with Crippen LogP contribution in [0.4, 0.5) is 11.4 Å². The molecule has 0 unspecified atom stereocenters. The van der Waals surface area contributed by atoms with Crippen molar-refractivity contribution in [3.8, 4) is 0 Å². The van der Waals surface area contributed by atoms with Crippen LogP contribution >= 0.6 is 0 Å². The lowest BCUT2D eigenvalue weighted by molar-refractivity contribution is -0.180. The summed E-state index contributed by atoms with van der Waals surface area (Å²) in [5.74, 6) is -0.0543. The fourth-order valence-electron chi connectivity index (χ4n) is 3.06. The molecule has 0 aliphatic carbocycles. The molecule has 1 aromatic rings. The van der Waals surface area contributed by atoms with Crippen molar-refractivity contribution in [2.24, 2.45) is 0 Å². The molecule has 3 N–H and O–H groups in total. The molecule has 0 saturated carbocycles. The zero-order valence-electron chi connectivity index (χ0n) is 13.3. The Bertz CT molecular complexity index is 510. The van der Waals surface area contributed by atoms with Crippen molar-refractivity contribution in [2.45, 2.75) is 38.9 Å². The van der Waals surface area contributed by atoms with Gasteiger partial charge in [0.15, 0.2) is 0 Å². The normalized spacial score (nSPS) is 21.0. The molecule has 1 amide bonds. The number of benzene rings is 1. The monoisotopic (exact) mass is 291 g/mol. The quantitative estimate of drug-likeness (QED) is 0.837. The first-order valence-corrected chi connectivity index (χ1v) is 7.24. The van der Waals surface area contributed by atoms with Crippen LogP contribution in [0.2, 0.25) is 0 Å². The van der Waals surface area contributed by atoms with Gasteiger partial charge in [0.05, 0.1) is 29.1 Å². The van der Waals surface area contributed by atoms with Crippen molar-refractivity contribution >= 4 is 17.3 Å². The van der Waals surface area contributed by atoms with E-state index in [9.17, 15) is 4.79 Å². The molecule has 1 aliphatic heterocycles. The van der Waals surface area contributed by atoms with E-state index in [1.165, 1.54) is 0 Å². The van der Waals surface area contributed by atoms with Crippen LogP contribution in [0.3, 0.4) is 0 Å². The first-order chi connectivity index (χ1) is 9.67. The van der Waals surface area contributed by atoms with Gasteiger partial charge in [-0.15, -0.1) is 0 Å². The van der Waals surface area contributed by atoms with Crippen molar-refractivity contribution in [3.05, 3.63) is 24.3 Å². The Kier molecular flexibility index (Phi) is 4.25. The van der Waals surface area contributed by atoms with Crippen LogP contribution < -0.4 is 11.1 Å². The number of hydrogen-bond donors (Lipinski definition) is 2. The molecule has 1 aliphatic rings. The Morgan fingerprint density at radius 3 is 2.38 bits per heavy atom. The van der Waals surface area contributed by atoms with Gasteiger partial charge in [-0.3, -0.25) is 9.69 Å². The lowest BCUT2D eigenvalue weighted by Gasteiger charge is -2.46. The lowest BCUT2D eigenvalue weighted by Crippen LogP contribution is -2.58. The summed E-state index contributed by atoms with van der Waals surface area (Å²) in [6, 6.07) is 7.28. The van der Waals surface area contributed by atoms with Crippen molar-refractivity contribution in [3.63, 3.8) is 0 Å². The van der Waals surface area contributed by atoms with Gasteiger partial charge in [0.25, 0.3) is 0 Å². The molecule has 116 valence electrons. The van der Waals surface area contributed by atoms with Crippen LogP contribution in [0.1, 0.15) is 27.7 Å². The minimum atomic E-state index is -0.256. The van der Waals surface area contributed by atoms with Crippen LogP contribution in [0.5, 0.6) is 0 Å². The van der Waals surface area contributed by atoms with Gasteiger partial charge in [-0.05, 0) is 39.8 Å². The second-order valence-electron chi connectivity index (χ2n) is 6.90. The van der Waals surface area contributed by atoms with Crippen molar-refractivity contribution in [1.29, 1.82) is 0 Å². The number of morpholine rings is 1. The van der Waals surface area contributed by atoms with Gasteiger partial charge in [0.1, 0.15) is 0 Å². The van der Waals surface area contributed by atoms with Crippen LogP contribution in [0, 0.1) is 0 Å². The summed E-state index contributed by atoms with van der Waals surface area (Å²) < 4.78 is 6.02. The molecule has 0 radical (unpaired) electrons. The Morgan fingerprint density at radius 2 is 1.81 bits per heavy atom. The maximum atomic E-state index is 12.2. The van der Waals surface area contributed by atoms with Gasteiger partial charge in [-0.25, -0.2) is 0 Å². The maximum absolute atomic E-state index is 12.2. The highest BCUT2D eigenvalue weighted by atomic mass is 16.5. The molecule has 0 atom stereocenters. The number of nitrogens with zero attached hydrogens (tertiary/aromatic N) is 1. The smallest absolute Gasteiger partial charge is 0.238 e. The number of carbonyl (C=O) groups is 1. The number of nitrogens with two attached hydrogens (primary N) is 1. The van der Waals surface area contributed by atoms with E-state index in [2.05, 4.69) is 10.2 Å². The van der Waals surface area contributed by atoms with E-state index >= 15 is 0 Å². The number of hydrogen-bond acceptors (Lipinski definition) is 4. The molecule has 0 bridgehead atoms. The second kappa shape index (κ2) is 5.66. The zero-order valence-corrected chi connectivity index (χ0v) is 13.3. The number of amides is 1. The number of para-hydroxylation sites is 2. The Hall–Kier alpha value is -1.59. The molecule has 21 heavy (non-hydrogen) atoms. The molecular weight excluding hydrogens is 266 g/mol. The van der Waals surface area contributed by atoms with Gasteiger partial charge >= 0.3 is 0 Å². The molecule has 5 heteroatoms. The second-order valence-corrected chi connectivity index (χ2v) is 6.90. The number of carbonyl (C=O) groups excluding carboxylic acids is 1. The summed E-state index contributed by atoms with van der Waals surface area (Å²) in [6.07, 6.45) is 0. The standard InChI is InChI=1S/C16H25N3O2/c1-15(2)10-19(11-16(3,4)21-15)9-14(20)18-13-8-6-5-7-12(13)17/h5-8H,9-11,17H2,1-4H3,(H,18,20). The van der Waals surface area contributed by atoms with Gasteiger partial charge in [0.2, 0.25) is 5.91 Å². The SMILES string of the molecule is CC1(C)CN(CC(=O)Nc2ccccc2N)CC(C)(C)O1. The summed E-state index contributed by atoms with van der Waals surface area (Å²) in [5, 5.41) is 2.87. The lowest BCUT2D eigenvalue weighted by atomic mass is 9.99. The first-order valence-electron chi connectivity index (χ1n) is 7.24. The summed E-state index contributed by atoms with van der Waals surface area (Å²) in [7, 11) is 0. The van der Waals surface area contributed by atoms with Gasteiger partial charge in [0, 0.05) is 13.1 Å². The summed E-state index contributed by atoms with van der Waals surface area (Å²) in [4.78, 5) is 14.3. The van der Waals surface area contributed by atoms with E-state index in [-0.39, 0.29) is 17.1 Å². The predicted molar refractivity (Wildman–Crippen MR) is 85.2 cm³/mol. The third-order valence-corrected chi connectivity index (χ3v) is 3.36. The van der Waals surface area contributed by atoms with Crippen LogP contribution in [0.25, 0.3) is 0 Å². The fraction of sp³-hybridized carbons (Fsp3) is 0.562. The molecule has 1 aromatic carbocycles. The number of nitrogen functional groups attached to an aromatic ring is 1. The van der Waals surface area contributed by atoms with Gasteiger partial charge in [-0.2, -0.15) is 0 Å². The van der Waals surface area contributed by atoms with Crippen LogP contribution in [0.15, 0.2) is 24.3 Å². The topological polar surface area (TPSA) is 67.6 Å². The summed E-state index contributed by atoms with van der Waals surface area (Å²) in [6.45, 7) is 10.00. The summed E-state index contributed by atoms with van der Waals surface area (Å²) in [5.41, 5.74) is 6.57. The van der Waals surface area contributed by atoms with E-state index in [1.807, 2.05) is 39.8 Å². The Morgan fingerprint density at radius 1 is 1.24 bits per heavy atom. The third-order valence-electron chi connectivity index (χ3n) is 3.36. The highest BCUT2D eigenvalue weighted by Crippen LogP contribution is 2.27. The van der Waals surface area contributed by atoms with Crippen molar-refractivity contribution < 1.29 is 9.53 Å². The average molecular weight is 291 g/mol. The number of nitrogens with one attached hydrogen (secondary N) is 1. The molecule has 1 fully saturated rings. The largest absolute Gasteiger partial charge is 0.397 e. The Balaban J connectivity index is 1.98. The molecule has 0 spiro atoms. The summed E-state index contributed by atoms with van der Waals surface area (Å²) >= 11 is 0. The van der Waals surface area contributed by atoms with Crippen LogP contribution in [-0.2, 0) is 9.53 Å². The maximum Gasteiger partial charge on any atom is 0.238 e. The van der Waals surface area contributed by atoms with Crippen LogP contribution in [-0.4, -0.2) is 41.6 Å². The van der Waals surface area contributed by atoms with E-state index in [0.717, 1.165) is 13.1 Å². The Labute approximate surface area is 126 Å². The molecule has 2 rings (SSSR count). The molecule has 0 aromatic heterocycles. The zero-order chi connectivity index (χ0) is 15.7. The highest BCUT2D eigenvalue weighted by Gasteiger charge is 2.38. The molecule has 1 saturated heterocycles. The van der Waals surface area contributed by atoms with E-state index in [1.54, 1.807) is 12.1 Å². The molecule has 1 heterocycles. The number of ether oxygens (including phenoxy) is 1.